The Kier molecular flexibility index (Phi) is 3.82. The first-order valence-corrected chi connectivity index (χ1v) is 6.87. The average Bonchev–Trinajstić information content (AvgIpc) is 2.74. The van der Waals surface area contributed by atoms with E-state index in [0.717, 1.165) is 30.1 Å². The molecule has 1 heterocycles. The molecule has 0 spiro atoms. The van der Waals surface area contributed by atoms with E-state index in [1.54, 1.807) is 11.3 Å². The van der Waals surface area contributed by atoms with Gasteiger partial charge in [0.05, 0.1) is 0 Å². The number of hydrogen-bond donors (Lipinski definition) is 1. The molecular formula is C12H21N3S. The van der Waals surface area contributed by atoms with Crippen LogP contribution in [0.1, 0.15) is 25.1 Å². The summed E-state index contributed by atoms with van der Waals surface area (Å²) in [5.74, 6) is 1.88. The van der Waals surface area contributed by atoms with Crippen LogP contribution < -0.4 is 5.32 Å². The zero-order valence-corrected chi connectivity index (χ0v) is 11.2. The molecule has 2 atom stereocenters. The van der Waals surface area contributed by atoms with Crippen LogP contribution in [0.25, 0.3) is 0 Å². The normalized spacial score (nSPS) is 23.8. The van der Waals surface area contributed by atoms with Crippen LogP contribution in [0.15, 0.2) is 6.20 Å². The van der Waals surface area contributed by atoms with E-state index >= 15 is 0 Å². The Balaban J connectivity index is 1.78. The van der Waals surface area contributed by atoms with Crippen LogP contribution in [0.4, 0.5) is 5.13 Å². The lowest BCUT2D eigenvalue weighted by Gasteiger charge is -2.14. The standard InChI is InChI=1S/C12H21N3S/c1-4-13-12-14-6-11(16-12)8-15(3)7-10-5-9(10)2/h6,9-10H,4-5,7-8H2,1-3H3,(H,13,14). The molecule has 0 saturated heterocycles. The van der Waals surface area contributed by atoms with Crippen LogP contribution in [0.5, 0.6) is 0 Å². The molecule has 90 valence electrons. The fourth-order valence-electron chi connectivity index (χ4n) is 2.00. The van der Waals surface area contributed by atoms with Gasteiger partial charge in [-0.2, -0.15) is 0 Å². The topological polar surface area (TPSA) is 28.2 Å². The summed E-state index contributed by atoms with van der Waals surface area (Å²) in [5, 5.41) is 4.30. The van der Waals surface area contributed by atoms with Crippen molar-refractivity contribution in [3.8, 4) is 0 Å². The third-order valence-electron chi connectivity index (χ3n) is 3.13. The van der Waals surface area contributed by atoms with Crippen molar-refractivity contribution >= 4 is 16.5 Å². The highest BCUT2D eigenvalue weighted by atomic mass is 32.1. The summed E-state index contributed by atoms with van der Waals surface area (Å²) in [5.41, 5.74) is 0. The van der Waals surface area contributed by atoms with Gasteiger partial charge in [0.2, 0.25) is 0 Å². The van der Waals surface area contributed by atoms with Crippen molar-refractivity contribution in [2.45, 2.75) is 26.8 Å². The van der Waals surface area contributed by atoms with Crippen LogP contribution in [0.3, 0.4) is 0 Å². The highest BCUT2D eigenvalue weighted by Crippen LogP contribution is 2.38. The molecule has 1 aliphatic carbocycles. The second kappa shape index (κ2) is 5.15. The maximum absolute atomic E-state index is 4.35. The Morgan fingerprint density at radius 2 is 2.38 bits per heavy atom. The second-order valence-corrected chi connectivity index (χ2v) is 5.95. The van der Waals surface area contributed by atoms with Crippen molar-refractivity contribution < 1.29 is 0 Å². The molecule has 0 aromatic carbocycles. The largest absolute Gasteiger partial charge is 0.362 e. The summed E-state index contributed by atoms with van der Waals surface area (Å²) < 4.78 is 0. The van der Waals surface area contributed by atoms with Gasteiger partial charge in [0.15, 0.2) is 5.13 Å². The molecule has 0 aliphatic heterocycles. The van der Waals surface area contributed by atoms with Crippen molar-refractivity contribution in [3.05, 3.63) is 11.1 Å². The van der Waals surface area contributed by atoms with Gasteiger partial charge in [0, 0.05) is 30.7 Å². The third-order valence-corrected chi connectivity index (χ3v) is 4.07. The molecule has 0 bridgehead atoms. The molecule has 1 saturated carbocycles. The fourth-order valence-corrected chi connectivity index (χ4v) is 2.96. The Morgan fingerprint density at radius 1 is 1.62 bits per heavy atom. The monoisotopic (exact) mass is 239 g/mol. The van der Waals surface area contributed by atoms with Gasteiger partial charge in [0.1, 0.15) is 0 Å². The Morgan fingerprint density at radius 3 is 3.00 bits per heavy atom. The van der Waals surface area contributed by atoms with Crippen molar-refractivity contribution in [2.75, 3.05) is 25.5 Å². The van der Waals surface area contributed by atoms with E-state index in [0.29, 0.717) is 0 Å². The molecular weight excluding hydrogens is 218 g/mol. The third kappa shape index (κ3) is 3.19. The van der Waals surface area contributed by atoms with E-state index in [1.807, 2.05) is 6.20 Å². The first kappa shape index (κ1) is 11.9. The van der Waals surface area contributed by atoms with E-state index in [1.165, 1.54) is 17.8 Å². The number of hydrogen-bond acceptors (Lipinski definition) is 4. The molecule has 1 aromatic rings. The Labute approximate surface area is 102 Å². The maximum Gasteiger partial charge on any atom is 0.182 e. The molecule has 1 fully saturated rings. The molecule has 3 nitrogen and oxygen atoms in total. The zero-order valence-electron chi connectivity index (χ0n) is 10.4. The summed E-state index contributed by atoms with van der Waals surface area (Å²) in [6.07, 6.45) is 3.41. The molecule has 2 rings (SSSR count). The van der Waals surface area contributed by atoms with Gasteiger partial charge < -0.3 is 10.2 Å². The fraction of sp³-hybridized carbons (Fsp3) is 0.750. The number of anilines is 1. The van der Waals surface area contributed by atoms with Crippen LogP contribution in [-0.4, -0.2) is 30.0 Å². The summed E-state index contributed by atoms with van der Waals surface area (Å²) in [7, 11) is 2.21. The molecule has 0 radical (unpaired) electrons. The van der Waals surface area contributed by atoms with Gasteiger partial charge >= 0.3 is 0 Å². The number of aromatic nitrogens is 1. The SMILES string of the molecule is CCNc1ncc(CN(C)CC2CC2C)s1. The minimum absolute atomic E-state index is 0.936. The second-order valence-electron chi connectivity index (χ2n) is 4.83. The average molecular weight is 239 g/mol. The van der Waals surface area contributed by atoms with E-state index in [2.05, 4.69) is 36.1 Å². The molecule has 1 N–H and O–H groups in total. The summed E-state index contributed by atoms with van der Waals surface area (Å²) in [6, 6.07) is 0. The van der Waals surface area contributed by atoms with Crippen LogP contribution in [-0.2, 0) is 6.54 Å². The van der Waals surface area contributed by atoms with Gasteiger partial charge in [-0.15, -0.1) is 11.3 Å². The lowest BCUT2D eigenvalue weighted by atomic mass is 10.3. The maximum atomic E-state index is 4.35. The number of rotatable bonds is 6. The lowest BCUT2D eigenvalue weighted by molar-refractivity contribution is 0.310. The van der Waals surface area contributed by atoms with Crippen molar-refractivity contribution in [1.29, 1.82) is 0 Å². The van der Waals surface area contributed by atoms with Gasteiger partial charge in [-0.25, -0.2) is 4.98 Å². The number of thiazole rings is 1. The Hall–Kier alpha value is -0.610. The predicted molar refractivity (Wildman–Crippen MR) is 69.9 cm³/mol. The zero-order chi connectivity index (χ0) is 11.5. The number of nitrogens with one attached hydrogen (secondary N) is 1. The quantitative estimate of drug-likeness (QED) is 0.827. The highest BCUT2D eigenvalue weighted by Gasteiger charge is 2.33. The van der Waals surface area contributed by atoms with Gasteiger partial charge in [-0.1, -0.05) is 6.92 Å². The van der Waals surface area contributed by atoms with Crippen LogP contribution >= 0.6 is 11.3 Å². The minimum Gasteiger partial charge on any atom is -0.362 e. The predicted octanol–water partition coefficient (Wildman–Crippen LogP) is 2.66. The van der Waals surface area contributed by atoms with Crippen molar-refractivity contribution in [1.82, 2.24) is 9.88 Å². The molecule has 2 unspecified atom stereocenters. The summed E-state index contributed by atoms with van der Waals surface area (Å²) >= 11 is 1.77. The Bertz CT molecular complexity index is 337. The minimum atomic E-state index is 0.936. The molecule has 1 aliphatic rings. The number of nitrogens with zero attached hydrogens (tertiary/aromatic N) is 2. The summed E-state index contributed by atoms with van der Waals surface area (Å²) in [4.78, 5) is 8.12. The molecule has 1 aromatic heterocycles. The van der Waals surface area contributed by atoms with Gasteiger partial charge in [-0.05, 0) is 32.2 Å². The van der Waals surface area contributed by atoms with E-state index < -0.39 is 0 Å². The van der Waals surface area contributed by atoms with Crippen molar-refractivity contribution in [2.24, 2.45) is 11.8 Å². The molecule has 4 heteroatoms. The lowest BCUT2D eigenvalue weighted by Crippen LogP contribution is -2.20. The first-order chi connectivity index (χ1) is 7.69. The van der Waals surface area contributed by atoms with Crippen molar-refractivity contribution in [3.63, 3.8) is 0 Å². The van der Waals surface area contributed by atoms with Gasteiger partial charge in [0.25, 0.3) is 0 Å². The van der Waals surface area contributed by atoms with Crippen LogP contribution in [0, 0.1) is 11.8 Å². The van der Waals surface area contributed by atoms with E-state index in [9.17, 15) is 0 Å². The summed E-state index contributed by atoms with van der Waals surface area (Å²) in [6.45, 7) is 7.65. The highest BCUT2D eigenvalue weighted by molar-refractivity contribution is 7.15. The van der Waals surface area contributed by atoms with Gasteiger partial charge in [-0.3, -0.25) is 0 Å². The molecule has 16 heavy (non-hydrogen) atoms. The first-order valence-electron chi connectivity index (χ1n) is 6.06. The van der Waals surface area contributed by atoms with Crippen LogP contribution in [0.2, 0.25) is 0 Å². The van der Waals surface area contributed by atoms with E-state index in [4.69, 9.17) is 0 Å². The van der Waals surface area contributed by atoms with E-state index in [-0.39, 0.29) is 0 Å². The molecule has 0 amide bonds. The smallest absolute Gasteiger partial charge is 0.182 e.